The first-order valence-electron chi connectivity index (χ1n) is 41.5. The van der Waals surface area contributed by atoms with Gasteiger partial charge in [0.15, 0.2) is 5.78 Å². The lowest BCUT2D eigenvalue weighted by molar-refractivity contribution is -0.384. The van der Waals surface area contributed by atoms with Crippen molar-refractivity contribution in [1.29, 1.82) is 0 Å². The second-order valence-corrected chi connectivity index (χ2v) is 32.9. The van der Waals surface area contributed by atoms with Crippen molar-refractivity contribution in [2.45, 2.75) is 224 Å². The van der Waals surface area contributed by atoms with Gasteiger partial charge in [0.1, 0.15) is 36.3 Å². The number of benzene rings is 4. The van der Waals surface area contributed by atoms with E-state index < -0.39 is 83.3 Å². The molecule has 0 spiro atoms. The van der Waals surface area contributed by atoms with Crippen molar-refractivity contribution in [2.24, 2.45) is 82.5 Å². The van der Waals surface area contributed by atoms with Crippen molar-refractivity contribution in [3.05, 3.63) is 130 Å². The summed E-state index contributed by atoms with van der Waals surface area (Å²) in [6.07, 6.45) is 0.0298. The number of primary amides is 2. The molecule has 30 heteroatoms. The predicted molar refractivity (Wildman–Crippen MR) is 453 cm³/mol. The van der Waals surface area contributed by atoms with E-state index in [1.54, 1.807) is 72.5 Å². The zero-order valence-electron chi connectivity index (χ0n) is 72.9. The average Bonchev–Trinajstić information content (AvgIpc) is 1.38. The molecular weight excluding hydrogens is 1530 g/mol. The van der Waals surface area contributed by atoms with E-state index in [9.17, 15) is 72.8 Å². The number of rotatable bonds is 48. The largest absolute Gasteiger partial charge is 0.514 e. The number of nitro groups is 1. The van der Waals surface area contributed by atoms with Crippen LogP contribution in [-0.2, 0) is 70.5 Å². The first kappa shape index (κ1) is 101. The van der Waals surface area contributed by atoms with Crippen LogP contribution < -0.4 is 37.5 Å². The summed E-state index contributed by atoms with van der Waals surface area (Å²) in [5.41, 5.74) is 13.1. The lowest BCUT2D eigenvalue weighted by Gasteiger charge is -2.41. The summed E-state index contributed by atoms with van der Waals surface area (Å²) in [5.74, 6) is -5.09. The molecule has 0 saturated carbocycles. The van der Waals surface area contributed by atoms with Gasteiger partial charge in [0, 0.05) is 133 Å². The van der Waals surface area contributed by atoms with E-state index in [4.69, 9.17) is 35.2 Å². The summed E-state index contributed by atoms with van der Waals surface area (Å²) >= 11 is 0. The third-order valence-corrected chi connectivity index (χ3v) is 22.9. The molecule has 9 amide bonds. The third-order valence-electron chi connectivity index (χ3n) is 22.9. The Kier molecular flexibility index (Phi) is 43.1. The number of hydrogen-bond donors (Lipinski definition) is 7. The summed E-state index contributed by atoms with van der Waals surface area (Å²) in [4.78, 5) is 172. The van der Waals surface area contributed by atoms with Gasteiger partial charge in [0.25, 0.3) is 5.69 Å². The van der Waals surface area contributed by atoms with Crippen molar-refractivity contribution >= 4 is 88.1 Å². The molecular formula is C89H132N10O20. The minimum absolute atomic E-state index is 0.00104. The zero-order valence-corrected chi connectivity index (χ0v) is 72.9. The number of non-ortho nitro benzene ring substituents is 1. The van der Waals surface area contributed by atoms with Crippen LogP contribution in [-0.4, -0.2) is 174 Å². The Morgan fingerprint density at radius 3 is 1.50 bits per heavy atom. The molecule has 0 radical (unpaired) electrons. The first-order chi connectivity index (χ1) is 56.2. The quantitative estimate of drug-likeness (QED) is 0.00710. The number of urea groups is 2. The molecule has 658 valence electrons. The standard InChI is InChI=1S/C62H98N6O12.C27H34N4O8/c1-16-40(8)56(53(78-14)35-54(72)68-31-21-25-49(68)58(79-15)43(11)50(69)32-41(9)57(73)45-22-18-17-19-23-45)66(12)60(75)48(38(4)5)34-52(71)55(39(6)7)67(13)62(77)80-36-44-26-28-47(29-27-44)65-59(74)46(24-20-30-64-61(63)76)33-51(70)42(10)37(2)3;1-17(2)18(3)24(32)15-20(5-4-14-29-26(28)34)25(33)30-21-8-6-19(7-9-21)16-38-27(35)39-23-12-10-22(11-13-23)31(36)37/h17-19,22-23,26-29,37-43,46,48-49,53,55-58,73H,16,20-21,24-25,30-36H2,1-15H3,(H,65,74)(H3,63,64,76);6-13,17-18,20H,4-5,14-16H2,1-3H3,(H,30,33)(H3,28,29,34)/t40-,41-,42-,43-,46+,48-,49-,53+,55-,56-,57+,58+;18-,20+/m00/s1. The van der Waals surface area contributed by atoms with E-state index in [1.807, 2.05) is 127 Å². The van der Waals surface area contributed by atoms with Crippen molar-refractivity contribution in [1.82, 2.24) is 25.3 Å². The molecule has 1 aliphatic rings. The van der Waals surface area contributed by atoms with Crippen LogP contribution >= 0.6 is 0 Å². The van der Waals surface area contributed by atoms with Crippen LogP contribution in [0.1, 0.15) is 197 Å². The van der Waals surface area contributed by atoms with E-state index in [2.05, 4.69) is 21.3 Å². The normalized spacial score (nSPS) is 15.9. The smallest absolute Gasteiger partial charge is 0.445 e. The van der Waals surface area contributed by atoms with Crippen LogP contribution in [0.4, 0.5) is 36.2 Å². The van der Waals surface area contributed by atoms with Gasteiger partial charge in [-0.3, -0.25) is 48.5 Å². The molecule has 4 aromatic carbocycles. The molecule has 0 aromatic heterocycles. The number of nitrogens with one attached hydrogen (secondary N) is 4. The molecule has 119 heavy (non-hydrogen) atoms. The van der Waals surface area contributed by atoms with Crippen molar-refractivity contribution in [3.8, 4) is 5.75 Å². The number of hydrogen-bond acceptors (Lipinski definition) is 20. The minimum Gasteiger partial charge on any atom is -0.445 e. The van der Waals surface area contributed by atoms with Crippen molar-refractivity contribution in [3.63, 3.8) is 0 Å². The predicted octanol–water partition coefficient (Wildman–Crippen LogP) is 13.6. The molecule has 4 aromatic rings. The fraction of sp³-hybridized carbons (Fsp3) is 0.596. The molecule has 1 fully saturated rings. The number of amides is 9. The van der Waals surface area contributed by atoms with E-state index >= 15 is 0 Å². The minimum atomic E-state index is -0.977. The van der Waals surface area contributed by atoms with E-state index in [-0.39, 0.29) is 163 Å². The van der Waals surface area contributed by atoms with Crippen molar-refractivity contribution in [2.75, 3.05) is 58.6 Å². The number of ketones is 4. The Labute approximate surface area is 701 Å². The Bertz CT molecular complexity index is 3940. The number of Topliss-reactive ketones (excluding diaryl/α,β-unsaturated/α-hetero) is 4. The van der Waals surface area contributed by atoms with Gasteiger partial charge < -0.3 is 76.2 Å². The van der Waals surface area contributed by atoms with Gasteiger partial charge in [0.2, 0.25) is 23.6 Å². The third kappa shape index (κ3) is 32.8. The lowest BCUT2D eigenvalue weighted by Crippen LogP contribution is -2.54. The zero-order chi connectivity index (χ0) is 89.1. The molecule has 5 rings (SSSR count). The van der Waals surface area contributed by atoms with Crippen LogP contribution in [0.15, 0.2) is 103 Å². The molecule has 1 aliphatic heterocycles. The highest BCUT2D eigenvalue weighted by molar-refractivity contribution is 5.97. The summed E-state index contributed by atoms with van der Waals surface area (Å²) in [5, 5.41) is 32.4. The highest BCUT2D eigenvalue weighted by atomic mass is 16.7. The first-order valence-corrected chi connectivity index (χ1v) is 41.5. The number of likely N-dealkylation sites (tertiary alicyclic amines) is 1. The summed E-state index contributed by atoms with van der Waals surface area (Å²) in [6.45, 7) is 27.5. The monoisotopic (exact) mass is 1660 g/mol. The van der Waals surface area contributed by atoms with Gasteiger partial charge in [-0.1, -0.05) is 158 Å². The molecule has 1 saturated heterocycles. The molecule has 14 atom stereocenters. The summed E-state index contributed by atoms with van der Waals surface area (Å²) in [7, 11) is 6.30. The highest BCUT2D eigenvalue weighted by Crippen LogP contribution is 2.35. The summed E-state index contributed by atoms with van der Waals surface area (Å²) < 4.78 is 27.9. The number of aliphatic hydroxyl groups is 1. The van der Waals surface area contributed by atoms with Gasteiger partial charge in [-0.15, -0.1) is 0 Å². The van der Waals surface area contributed by atoms with E-state index in [1.165, 1.54) is 43.3 Å². The fourth-order valence-electron chi connectivity index (χ4n) is 14.7. The number of likely N-dealkylation sites (N-methyl/N-ethyl adjacent to an activating group) is 2. The number of ether oxygens (including phenoxy) is 5. The fourth-order valence-corrected chi connectivity index (χ4v) is 14.7. The number of anilines is 2. The maximum atomic E-state index is 14.8. The van der Waals surface area contributed by atoms with Gasteiger partial charge in [-0.25, -0.2) is 19.2 Å². The molecule has 9 N–H and O–H groups in total. The number of aliphatic hydroxyl groups excluding tert-OH is 1. The Morgan fingerprint density at radius 2 is 1.06 bits per heavy atom. The number of carbonyl (C=O) groups is 12. The van der Waals surface area contributed by atoms with Gasteiger partial charge in [-0.2, -0.15) is 0 Å². The second-order valence-electron chi connectivity index (χ2n) is 32.9. The second kappa shape index (κ2) is 50.7. The lowest BCUT2D eigenvalue weighted by atomic mass is 9.83. The molecule has 1 heterocycles. The van der Waals surface area contributed by atoms with Crippen LogP contribution in [0.2, 0.25) is 0 Å². The van der Waals surface area contributed by atoms with Crippen molar-refractivity contribution < 1.29 is 91.2 Å². The Hall–Kier alpha value is -10.2. The summed E-state index contributed by atoms with van der Waals surface area (Å²) in [6, 6.07) is 24.4. The SMILES string of the molecule is CC(C)[C@H](C)C(=O)C[C@@H](CCCNC(N)=O)C(=O)Nc1ccc(COC(=O)Oc2ccc([N+](=O)[O-])cc2)cc1.CC[C@H](C)[C@@H]([C@@H](CC(=O)N1CCC[C@H]1[C@H](OC)[C@@H](C)C(=O)C[C@H](C)[C@@H](O)c1ccccc1)OC)N(C)C(=O)[C@@H](CC(=O)[C@H](C(C)C)N(C)C(=O)OCc1ccc(NC(=O)[C@H](CCCNC(N)=O)CC(=O)[C@@H](C)C(C)C)cc1)C(C)C. The number of nitro benzene ring substituents is 1. The highest BCUT2D eigenvalue weighted by Gasteiger charge is 2.44. The topological polar surface area (TPSA) is 424 Å². The van der Waals surface area contributed by atoms with Crippen LogP contribution in [0.25, 0.3) is 0 Å². The van der Waals surface area contributed by atoms with Crippen LogP contribution in [0.3, 0.4) is 0 Å². The molecule has 30 nitrogen and oxygen atoms in total. The number of carbonyl (C=O) groups excluding carboxylic acids is 12. The van der Waals surface area contributed by atoms with Gasteiger partial charge in [-0.05, 0) is 127 Å². The number of nitrogens with zero attached hydrogens (tertiary/aromatic N) is 4. The van der Waals surface area contributed by atoms with E-state index in [0.717, 1.165) is 12.0 Å². The Balaban J connectivity index is 0.000000635. The molecule has 0 unspecified atom stereocenters. The number of nitrogens with two attached hydrogens (primary N) is 2. The van der Waals surface area contributed by atoms with Gasteiger partial charge in [0.05, 0.1) is 47.8 Å². The molecule has 0 aliphatic carbocycles. The Morgan fingerprint density at radius 1 is 0.571 bits per heavy atom. The van der Waals surface area contributed by atoms with Crippen LogP contribution in [0, 0.1) is 81.1 Å². The average molecular weight is 1660 g/mol. The number of methoxy groups -OCH3 is 2. The van der Waals surface area contributed by atoms with Gasteiger partial charge >= 0.3 is 24.3 Å². The van der Waals surface area contributed by atoms with Crippen LogP contribution in [0.5, 0.6) is 5.75 Å². The molecule has 0 bridgehead atoms. The maximum absolute atomic E-state index is 14.8. The van der Waals surface area contributed by atoms with E-state index in [0.29, 0.717) is 74.1 Å². The maximum Gasteiger partial charge on any atom is 0.514 e.